The number of carbonyl (C=O) groups is 2. The molecule has 0 saturated heterocycles. The quantitative estimate of drug-likeness (QED) is 0.359. The van der Waals surface area contributed by atoms with Crippen molar-refractivity contribution < 1.29 is 24.3 Å². The molecule has 2 atom stereocenters. The van der Waals surface area contributed by atoms with E-state index in [0.29, 0.717) is 6.42 Å². The van der Waals surface area contributed by atoms with Crippen LogP contribution in [0.4, 0.5) is 4.39 Å². The highest BCUT2D eigenvalue weighted by Gasteiger charge is 2.28. The second kappa shape index (κ2) is 8.77. The highest BCUT2D eigenvalue weighted by atomic mass is 19.1. The number of amides is 2. The number of benzene rings is 1. The lowest BCUT2D eigenvalue weighted by Crippen LogP contribution is -2.53. The number of hydrogen-bond acceptors (Lipinski definition) is 4. The fraction of sp³-hybridized carbons (Fsp3) is 0.333. The molecule has 0 aliphatic rings. The molecule has 7 heteroatoms. The molecule has 0 radical (unpaired) electrons. The fourth-order valence-corrected chi connectivity index (χ4v) is 1.62. The van der Waals surface area contributed by atoms with Gasteiger partial charge in [0.05, 0.1) is 0 Å². The first-order chi connectivity index (χ1) is 10.5. The third-order valence-electron chi connectivity index (χ3n) is 2.78. The van der Waals surface area contributed by atoms with E-state index in [9.17, 15) is 19.1 Å². The standard InChI is InChI=1S/C15H17FN2O4/c1-2-3-4-10-5-7-11(8-6-10)14(20)17-13(12(19)9-16)15(21)18-22/h5-8,12-13,19,22H,2,9H2,1H3,(H,17,20)(H,18,21). The molecule has 0 aliphatic heterocycles. The van der Waals surface area contributed by atoms with Gasteiger partial charge in [-0.1, -0.05) is 18.8 Å². The van der Waals surface area contributed by atoms with Gasteiger partial charge < -0.3 is 10.4 Å². The summed E-state index contributed by atoms with van der Waals surface area (Å²) in [6.07, 6.45) is -1.05. The van der Waals surface area contributed by atoms with Gasteiger partial charge in [-0.15, -0.1) is 0 Å². The molecule has 0 saturated carbocycles. The van der Waals surface area contributed by atoms with Crippen LogP contribution in [0.25, 0.3) is 0 Å². The van der Waals surface area contributed by atoms with Crippen LogP contribution in [-0.2, 0) is 4.79 Å². The Morgan fingerprint density at radius 1 is 1.32 bits per heavy atom. The van der Waals surface area contributed by atoms with E-state index in [0.717, 1.165) is 5.56 Å². The van der Waals surface area contributed by atoms with Gasteiger partial charge in [0.1, 0.15) is 18.8 Å². The van der Waals surface area contributed by atoms with Gasteiger partial charge in [-0.3, -0.25) is 14.8 Å². The number of aliphatic hydroxyl groups is 1. The Labute approximate surface area is 127 Å². The highest BCUT2D eigenvalue weighted by Crippen LogP contribution is 2.05. The maximum absolute atomic E-state index is 12.5. The van der Waals surface area contributed by atoms with Gasteiger partial charge in [0, 0.05) is 17.5 Å². The number of aliphatic hydroxyl groups excluding tert-OH is 1. The third-order valence-corrected chi connectivity index (χ3v) is 2.78. The molecule has 2 unspecified atom stereocenters. The van der Waals surface area contributed by atoms with E-state index in [2.05, 4.69) is 17.2 Å². The Morgan fingerprint density at radius 2 is 1.95 bits per heavy atom. The number of carbonyl (C=O) groups excluding carboxylic acids is 2. The predicted octanol–water partition coefficient (Wildman–Crippen LogP) is 0.382. The van der Waals surface area contributed by atoms with Crippen molar-refractivity contribution in [2.24, 2.45) is 0 Å². The Kier molecular flexibility index (Phi) is 7.02. The smallest absolute Gasteiger partial charge is 0.268 e. The molecular formula is C15H17FN2O4. The average molecular weight is 308 g/mol. The summed E-state index contributed by atoms with van der Waals surface area (Å²) in [5.41, 5.74) is 2.21. The van der Waals surface area contributed by atoms with Crippen molar-refractivity contribution in [2.45, 2.75) is 25.5 Å². The molecule has 0 spiro atoms. The Balaban J connectivity index is 2.83. The first-order valence-electron chi connectivity index (χ1n) is 6.61. The van der Waals surface area contributed by atoms with Crippen LogP contribution >= 0.6 is 0 Å². The first kappa shape index (κ1) is 17.6. The summed E-state index contributed by atoms with van der Waals surface area (Å²) in [5.74, 6) is 3.98. The summed E-state index contributed by atoms with van der Waals surface area (Å²) in [5, 5.41) is 20.1. The van der Waals surface area contributed by atoms with Gasteiger partial charge >= 0.3 is 0 Å². The minimum absolute atomic E-state index is 0.212. The SMILES string of the molecule is CCC#Cc1ccc(C(=O)NC(C(=O)NO)C(O)CF)cc1. The van der Waals surface area contributed by atoms with E-state index < -0.39 is 30.6 Å². The summed E-state index contributed by atoms with van der Waals surface area (Å²) >= 11 is 0. The van der Waals surface area contributed by atoms with Gasteiger partial charge in [0.15, 0.2) is 0 Å². The number of halogens is 1. The molecular weight excluding hydrogens is 291 g/mol. The molecule has 22 heavy (non-hydrogen) atoms. The molecule has 1 aromatic carbocycles. The lowest BCUT2D eigenvalue weighted by Gasteiger charge is -2.20. The van der Waals surface area contributed by atoms with E-state index in [-0.39, 0.29) is 5.56 Å². The molecule has 0 heterocycles. The molecule has 2 amide bonds. The predicted molar refractivity (Wildman–Crippen MR) is 76.8 cm³/mol. The summed E-state index contributed by atoms with van der Waals surface area (Å²) < 4.78 is 12.5. The van der Waals surface area contributed by atoms with E-state index >= 15 is 0 Å². The van der Waals surface area contributed by atoms with Crippen LogP contribution in [0.3, 0.4) is 0 Å². The van der Waals surface area contributed by atoms with Gasteiger partial charge in [0.2, 0.25) is 0 Å². The molecule has 0 aromatic heterocycles. The lowest BCUT2D eigenvalue weighted by molar-refractivity contribution is -0.134. The summed E-state index contributed by atoms with van der Waals surface area (Å²) in [6, 6.07) is 4.64. The van der Waals surface area contributed by atoms with Crippen molar-refractivity contribution in [2.75, 3.05) is 6.67 Å². The normalized spacial score (nSPS) is 12.5. The Morgan fingerprint density at radius 3 is 2.45 bits per heavy atom. The van der Waals surface area contributed by atoms with Crippen LogP contribution in [0.2, 0.25) is 0 Å². The van der Waals surface area contributed by atoms with E-state index in [1.54, 1.807) is 12.1 Å². The van der Waals surface area contributed by atoms with Crippen LogP contribution in [0, 0.1) is 11.8 Å². The van der Waals surface area contributed by atoms with E-state index in [1.807, 2.05) is 6.92 Å². The zero-order valence-electron chi connectivity index (χ0n) is 12.0. The van der Waals surface area contributed by atoms with Crippen LogP contribution in [-0.4, -0.2) is 40.9 Å². The summed E-state index contributed by atoms with van der Waals surface area (Å²) in [4.78, 5) is 23.3. The summed E-state index contributed by atoms with van der Waals surface area (Å²) in [6.45, 7) is 0.668. The molecule has 0 fully saturated rings. The van der Waals surface area contributed by atoms with Crippen LogP contribution in [0.15, 0.2) is 24.3 Å². The van der Waals surface area contributed by atoms with E-state index in [4.69, 9.17) is 5.21 Å². The van der Waals surface area contributed by atoms with Crippen LogP contribution in [0.5, 0.6) is 0 Å². The second-order valence-corrected chi connectivity index (χ2v) is 4.38. The fourth-order valence-electron chi connectivity index (χ4n) is 1.62. The van der Waals surface area contributed by atoms with Crippen molar-refractivity contribution in [1.29, 1.82) is 0 Å². The second-order valence-electron chi connectivity index (χ2n) is 4.38. The van der Waals surface area contributed by atoms with Gasteiger partial charge in [-0.25, -0.2) is 9.87 Å². The molecule has 6 nitrogen and oxygen atoms in total. The zero-order valence-corrected chi connectivity index (χ0v) is 12.0. The van der Waals surface area contributed by atoms with Crippen molar-refractivity contribution >= 4 is 11.8 Å². The molecule has 118 valence electrons. The minimum atomic E-state index is -1.76. The van der Waals surface area contributed by atoms with Crippen molar-refractivity contribution in [3.63, 3.8) is 0 Å². The average Bonchev–Trinajstić information content (AvgIpc) is 2.56. The summed E-state index contributed by atoms with van der Waals surface area (Å²) in [7, 11) is 0. The maximum atomic E-state index is 12.5. The molecule has 1 aromatic rings. The van der Waals surface area contributed by atoms with Crippen molar-refractivity contribution in [3.8, 4) is 11.8 Å². The van der Waals surface area contributed by atoms with Gasteiger partial charge in [-0.05, 0) is 24.3 Å². The largest absolute Gasteiger partial charge is 0.388 e. The number of alkyl halides is 1. The number of hydroxylamine groups is 1. The first-order valence-corrected chi connectivity index (χ1v) is 6.61. The molecule has 0 aliphatic carbocycles. The molecule has 0 bridgehead atoms. The Bertz CT molecular complexity index is 577. The van der Waals surface area contributed by atoms with Crippen LogP contribution < -0.4 is 10.8 Å². The van der Waals surface area contributed by atoms with Crippen molar-refractivity contribution in [3.05, 3.63) is 35.4 Å². The van der Waals surface area contributed by atoms with Gasteiger partial charge in [0.25, 0.3) is 11.8 Å². The molecule has 4 N–H and O–H groups in total. The third kappa shape index (κ3) is 4.84. The van der Waals surface area contributed by atoms with Crippen molar-refractivity contribution in [1.82, 2.24) is 10.8 Å². The van der Waals surface area contributed by atoms with Gasteiger partial charge in [-0.2, -0.15) is 0 Å². The number of hydrogen-bond donors (Lipinski definition) is 4. The number of rotatable bonds is 5. The zero-order chi connectivity index (χ0) is 16.5. The lowest BCUT2D eigenvalue weighted by atomic mass is 10.1. The number of nitrogens with one attached hydrogen (secondary N) is 2. The Hall–Kier alpha value is -2.43. The van der Waals surface area contributed by atoms with Crippen LogP contribution in [0.1, 0.15) is 29.3 Å². The molecule has 1 rings (SSSR count). The maximum Gasteiger partial charge on any atom is 0.268 e. The highest BCUT2D eigenvalue weighted by molar-refractivity contribution is 5.97. The van der Waals surface area contributed by atoms with E-state index in [1.165, 1.54) is 17.6 Å². The minimum Gasteiger partial charge on any atom is -0.388 e. The topological polar surface area (TPSA) is 98.7 Å². The monoisotopic (exact) mass is 308 g/mol.